The Morgan fingerprint density at radius 3 is 2.26 bits per heavy atom. The summed E-state index contributed by atoms with van der Waals surface area (Å²) in [6, 6.07) is 8.24. The Balaban J connectivity index is 1.39. The van der Waals surface area contributed by atoms with Crippen LogP contribution in [0.4, 0.5) is 5.95 Å². The van der Waals surface area contributed by atoms with E-state index in [0.717, 1.165) is 49.1 Å². The molecule has 2 aromatic rings. The van der Waals surface area contributed by atoms with Gasteiger partial charge in [0.25, 0.3) is 0 Å². The van der Waals surface area contributed by atoms with Crippen LogP contribution < -0.4 is 4.90 Å². The molecular weight excluding hydrogens is 336 g/mol. The molecular formula is C22H28N4O. The van der Waals surface area contributed by atoms with Gasteiger partial charge in [-0.05, 0) is 50.5 Å². The Hall–Kier alpha value is -2.43. The lowest BCUT2D eigenvalue weighted by atomic mass is 10.0. The molecule has 142 valence electrons. The van der Waals surface area contributed by atoms with Crippen LogP contribution in [0.1, 0.15) is 28.1 Å². The van der Waals surface area contributed by atoms with Gasteiger partial charge in [0.15, 0.2) is 0 Å². The maximum absolute atomic E-state index is 12.8. The van der Waals surface area contributed by atoms with Crippen molar-refractivity contribution in [3.05, 3.63) is 52.3 Å². The summed E-state index contributed by atoms with van der Waals surface area (Å²) in [5, 5.41) is 0. The van der Waals surface area contributed by atoms with Gasteiger partial charge in [0.2, 0.25) is 11.9 Å². The van der Waals surface area contributed by atoms with E-state index >= 15 is 0 Å². The zero-order valence-corrected chi connectivity index (χ0v) is 16.7. The maximum Gasteiger partial charge on any atom is 0.227 e. The predicted molar refractivity (Wildman–Crippen MR) is 107 cm³/mol. The Kier molecular flexibility index (Phi) is 4.62. The normalized spacial score (nSPS) is 21.6. The fourth-order valence-corrected chi connectivity index (χ4v) is 4.49. The Morgan fingerprint density at radius 1 is 1.00 bits per heavy atom. The van der Waals surface area contributed by atoms with Crippen molar-refractivity contribution in [2.24, 2.45) is 11.8 Å². The summed E-state index contributed by atoms with van der Waals surface area (Å²) < 4.78 is 0. The molecule has 0 aliphatic carbocycles. The zero-order valence-electron chi connectivity index (χ0n) is 16.7. The highest BCUT2D eigenvalue weighted by Gasteiger charge is 2.42. The van der Waals surface area contributed by atoms with Crippen molar-refractivity contribution in [3.8, 4) is 0 Å². The van der Waals surface area contributed by atoms with Gasteiger partial charge >= 0.3 is 0 Å². The van der Waals surface area contributed by atoms with Crippen LogP contribution in [-0.4, -0.2) is 47.0 Å². The number of aryl methyl sites for hydroxylation is 3. The first-order valence-corrected chi connectivity index (χ1v) is 9.81. The van der Waals surface area contributed by atoms with E-state index < -0.39 is 0 Å². The number of benzene rings is 1. The number of carbonyl (C=O) groups excluding carboxylic acids is 1. The Labute approximate surface area is 161 Å². The summed E-state index contributed by atoms with van der Waals surface area (Å²) in [5.41, 5.74) is 5.67. The molecule has 2 atom stereocenters. The van der Waals surface area contributed by atoms with Gasteiger partial charge in [-0.2, -0.15) is 0 Å². The van der Waals surface area contributed by atoms with E-state index in [1.54, 1.807) is 0 Å². The minimum absolute atomic E-state index is 0.257. The lowest BCUT2D eigenvalue weighted by molar-refractivity contribution is -0.129. The number of fused-ring (bicyclic) bond motifs is 1. The molecule has 5 heteroatoms. The quantitative estimate of drug-likeness (QED) is 0.840. The number of likely N-dealkylation sites (tertiary alicyclic amines) is 1. The van der Waals surface area contributed by atoms with Crippen molar-refractivity contribution < 1.29 is 4.79 Å². The molecule has 5 nitrogen and oxygen atoms in total. The van der Waals surface area contributed by atoms with Gasteiger partial charge in [-0.3, -0.25) is 4.79 Å². The molecule has 1 aromatic carbocycles. The van der Waals surface area contributed by atoms with Gasteiger partial charge in [0.1, 0.15) is 0 Å². The lowest BCUT2D eigenvalue weighted by Crippen LogP contribution is -2.34. The minimum atomic E-state index is 0.257. The largest absolute Gasteiger partial charge is 0.342 e. The number of anilines is 1. The third-order valence-electron chi connectivity index (χ3n) is 6.15. The van der Waals surface area contributed by atoms with Crippen LogP contribution in [0.25, 0.3) is 0 Å². The average molecular weight is 364 g/mol. The average Bonchev–Trinajstić information content (AvgIpc) is 3.17. The van der Waals surface area contributed by atoms with Gasteiger partial charge in [0, 0.05) is 49.4 Å². The summed E-state index contributed by atoms with van der Waals surface area (Å²) >= 11 is 0. The number of carbonyl (C=O) groups is 1. The van der Waals surface area contributed by atoms with Gasteiger partial charge in [-0.25, -0.2) is 9.97 Å². The molecule has 27 heavy (non-hydrogen) atoms. The third kappa shape index (κ3) is 3.55. The van der Waals surface area contributed by atoms with Crippen LogP contribution in [0.15, 0.2) is 24.3 Å². The summed E-state index contributed by atoms with van der Waals surface area (Å²) in [6.45, 7) is 11.9. The van der Waals surface area contributed by atoms with Crippen molar-refractivity contribution in [1.82, 2.24) is 14.9 Å². The second-order valence-electron chi connectivity index (χ2n) is 8.21. The number of hydrogen-bond acceptors (Lipinski definition) is 4. The summed E-state index contributed by atoms with van der Waals surface area (Å²) in [5.74, 6) is 2.15. The molecule has 0 N–H and O–H groups in total. The van der Waals surface area contributed by atoms with Crippen molar-refractivity contribution in [2.45, 2.75) is 34.1 Å². The van der Waals surface area contributed by atoms with E-state index in [-0.39, 0.29) is 5.91 Å². The number of aromatic nitrogens is 2. The van der Waals surface area contributed by atoms with E-state index in [1.807, 2.05) is 26.0 Å². The first kappa shape index (κ1) is 18.0. The molecule has 3 heterocycles. The van der Waals surface area contributed by atoms with Crippen molar-refractivity contribution in [1.29, 1.82) is 0 Å². The molecule has 0 bridgehead atoms. The monoisotopic (exact) mass is 364 g/mol. The van der Waals surface area contributed by atoms with Crippen LogP contribution in [0.3, 0.4) is 0 Å². The van der Waals surface area contributed by atoms with E-state index in [9.17, 15) is 4.79 Å². The molecule has 0 saturated carbocycles. The smallest absolute Gasteiger partial charge is 0.227 e. The lowest BCUT2D eigenvalue weighted by Gasteiger charge is -2.22. The number of amides is 1. The highest BCUT2D eigenvalue weighted by Crippen LogP contribution is 2.33. The maximum atomic E-state index is 12.8. The van der Waals surface area contributed by atoms with Crippen LogP contribution >= 0.6 is 0 Å². The number of nitrogens with zero attached hydrogens (tertiary/aromatic N) is 4. The first-order valence-electron chi connectivity index (χ1n) is 9.81. The highest BCUT2D eigenvalue weighted by molar-refractivity contribution is 5.79. The third-order valence-corrected chi connectivity index (χ3v) is 6.15. The standard InChI is InChI=1S/C22H28N4O/c1-14-6-5-7-18(17(14)4)9-21(27)25-10-19-12-26(13-20(19)11-25)22-23-15(2)8-16(3)24-22/h5-8,19-20H,9-13H2,1-4H3. The molecule has 2 unspecified atom stereocenters. The molecule has 0 spiro atoms. The van der Waals surface area contributed by atoms with Crippen LogP contribution in [0, 0.1) is 39.5 Å². The first-order chi connectivity index (χ1) is 12.9. The van der Waals surface area contributed by atoms with Gasteiger partial charge in [-0.15, -0.1) is 0 Å². The molecule has 2 fully saturated rings. The minimum Gasteiger partial charge on any atom is -0.342 e. The summed E-state index contributed by atoms with van der Waals surface area (Å²) in [4.78, 5) is 26.4. The fourth-order valence-electron chi connectivity index (χ4n) is 4.49. The molecule has 2 aliphatic heterocycles. The molecule has 1 aromatic heterocycles. The summed E-state index contributed by atoms with van der Waals surface area (Å²) in [6.07, 6.45) is 0.511. The molecule has 1 amide bonds. The van der Waals surface area contributed by atoms with Crippen LogP contribution in [-0.2, 0) is 11.2 Å². The molecule has 0 radical (unpaired) electrons. The van der Waals surface area contributed by atoms with Gasteiger partial charge in [0.05, 0.1) is 6.42 Å². The van der Waals surface area contributed by atoms with Crippen LogP contribution in [0.5, 0.6) is 0 Å². The highest BCUT2D eigenvalue weighted by atomic mass is 16.2. The second kappa shape index (κ2) is 6.95. The molecule has 2 aliphatic rings. The second-order valence-corrected chi connectivity index (χ2v) is 8.21. The van der Waals surface area contributed by atoms with Crippen molar-refractivity contribution >= 4 is 11.9 Å². The fraction of sp³-hybridized carbons (Fsp3) is 0.500. The van der Waals surface area contributed by atoms with E-state index in [4.69, 9.17) is 0 Å². The number of rotatable bonds is 3. The Morgan fingerprint density at radius 2 is 1.63 bits per heavy atom. The molecule has 2 saturated heterocycles. The van der Waals surface area contributed by atoms with E-state index in [0.29, 0.717) is 18.3 Å². The Bertz CT molecular complexity index is 844. The molecule has 4 rings (SSSR count). The SMILES string of the molecule is Cc1cc(C)nc(N2CC3CN(C(=O)Cc4cccc(C)c4C)CC3C2)n1. The van der Waals surface area contributed by atoms with E-state index in [2.05, 4.69) is 45.7 Å². The topological polar surface area (TPSA) is 49.3 Å². The van der Waals surface area contributed by atoms with E-state index in [1.165, 1.54) is 11.1 Å². The van der Waals surface area contributed by atoms with Gasteiger partial charge < -0.3 is 9.80 Å². The number of hydrogen-bond donors (Lipinski definition) is 0. The van der Waals surface area contributed by atoms with Crippen LogP contribution in [0.2, 0.25) is 0 Å². The van der Waals surface area contributed by atoms with Gasteiger partial charge in [-0.1, -0.05) is 18.2 Å². The summed E-state index contributed by atoms with van der Waals surface area (Å²) in [7, 11) is 0. The predicted octanol–water partition coefficient (Wildman–Crippen LogP) is 2.85. The van der Waals surface area contributed by atoms with Crippen molar-refractivity contribution in [3.63, 3.8) is 0 Å². The van der Waals surface area contributed by atoms with Crippen molar-refractivity contribution in [2.75, 3.05) is 31.1 Å². The zero-order chi connectivity index (χ0) is 19.1.